The van der Waals surface area contributed by atoms with E-state index < -0.39 is 0 Å². The molecule has 6 heteroatoms. The number of hydrogen-bond donors (Lipinski definition) is 2. The van der Waals surface area contributed by atoms with E-state index in [1.807, 2.05) is 29.0 Å². The van der Waals surface area contributed by atoms with Crippen molar-refractivity contribution in [2.45, 2.75) is 13.0 Å². The number of H-pyrrole nitrogens is 1. The van der Waals surface area contributed by atoms with Gasteiger partial charge in [0.1, 0.15) is 5.82 Å². The van der Waals surface area contributed by atoms with E-state index in [1.54, 1.807) is 12.4 Å². The molecule has 4 rings (SSSR count). The molecular weight excluding hydrogens is 307 g/mol. The predicted molar refractivity (Wildman–Crippen MR) is 90.8 cm³/mol. The summed E-state index contributed by atoms with van der Waals surface area (Å²) in [6.45, 7) is 0.511. The summed E-state index contributed by atoms with van der Waals surface area (Å²) in [5, 5.41) is 0.962. The van der Waals surface area contributed by atoms with Crippen molar-refractivity contribution < 1.29 is 9.18 Å². The monoisotopic (exact) mass is 322 g/mol. The molecule has 0 aliphatic rings. The second-order valence-electron chi connectivity index (χ2n) is 5.75. The number of aryl methyl sites for hydroxylation is 1. The van der Waals surface area contributed by atoms with E-state index in [0.29, 0.717) is 6.54 Å². The highest BCUT2D eigenvalue weighted by Crippen LogP contribution is 2.30. The maximum absolute atomic E-state index is 13.3. The Morgan fingerprint density at radius 2 is 2.12 bits per heavy atom. The summed E-state index contributed by atoms with van der Waals surface area (Å²) in [5.74, 6) is -0.598. The molecule has 0 aliphatic carbocycles. The molecular formula is C18H15FN4O. The normalized spacial score (nSPS) is 11.4. The molecule has 0 saturated carbocycles. The molecule has 0 bridgehead atoms. The van der Waals surface area contributed by atoms with Gasteiger partial charge in [-0.3, -0.25) is 4.79 Å². The first-order valence-corrected chi connectivity index (χ1v) is 7.62. The molecule has 2 heterocycles. The van der Waals surface area contributed by atoms with Gasteiger partial charge in [0.15, 0.2) is 0 Å². The first-order valence-electron chi connectivity index (χ1n) is 7.62. The number of primary amides is 1. The summed E-state index contributed by atoms with van der Waals surface area (Å²) < 4.78 is 15.2. The summed E-state index contributed by atoms with van der Waals surface area (Å²) in [6, 6.07) is 10.7. The third-order valence-electron chi connectivity index (χ3n) is 4.17. The Balaban J connectivity index is 1.76. The van der Waals surface area contributed by atoms with Gasteiger partial charge in [-0.2, -0.15) is 0 Å². The first-order chi connectivity index (χ1) is 11.6. The Kier molecular flexibility index (Phi) is 3.30. The van der Waals surface area contributed by atoms with Crippen LogP contribution >= 0.6 is 0 Å². The topological polar surface area (TPSA) is 76.7 Å². The maximum atomic E-state index is 13.3. The zero-order chi connectivity index (χ0) is 16.7. The number of nitrogens with two attached hydrogens (primary N) is 1. The predicted octanol–water partition coefficient (Wildman–Crippen LogP) is 3.20. The van der Waals surface area contributed by atoms with Crippen LogP contribution in [0.25, 0.3) is 33.1 Å². The van der Waals surface area contributed by atoms with Crippen LogP contribution < -0.4 is 5.73 Å². The van der Waals surface area contributed by atoms with Gasteiger partial charge in [0.05, 0.1) is 17.4 Å². The number of aromatic nitrogens is 3. The highest BCUT2D eigenvalue weighted by atomic mass is 19.1. The standard InChI is InChI=1S/C18H15FN4O/c19-12-2-3-13-14(9-21-15(13)8-12)11-1-4-17-16(7-11)22-10-23(17)6-5-18(20)24/h1-4,7-10,21H,5-6H2,(H2,20,24). The Morgan fingerprint density at radius 1 is 1.25 bits per heavy atom. The van der Waals surface area contributed by atoms with E-state index >= 15 is 0 Å². The zero-order valence-electron chi connectivity index (χ0n) is 12.8. The molecule has 0 radical (unpaired) electrons. The average Bonchev–Trinajstić information content (AvgIpc) is 3.15. The molecule has 2 aromatic heterocycles. The van der Waals surface area contributed by atoms with Gasteiger partial charge in [0.2, 0.25) is 5.91 Å². The van der Waals surface area contributed by atoms with Crippen LogP contribution in [0.5, 0.6) is 0 Å². The second kappa shape index (κ2) is 5.49. The molecule has 4 aromatic rings. The zero-order valence-corrected chi connectivity index (χ0v) is 12.8. The fourth-order valence-corrected chi connectivity index (χ4v) is 2.98. The van der Waals surface area contributed by atoms with Crippen LogP contribution in [-0.4, -0.2) is 20.4 Å². The number of halogens is 1. The third-order valence-corrected chi connectivity index (χ3v) is 4.17. The number of amides is 1. The van der Waals surface area contributed by atoms with E-state index in [-0.39, 0.29) is 18.1 Å². The molecule has 0 atom stereocenters. The van der Waals surface area contributed by atoms with Gasteiger partial charge in [-0.1, -0.05) is 6.07 Å². The Labute approximate surface area is 136 Å². The lowest BCUT2D eigenvalue weighted by Crippen LogP contribution is -2.13. The molecule has 1 amide bonds. The summed E-state index contributed by atoms with van der Waals surface area (Å²) in [6.07, 6.45) is 3.86. The van der Waals surface area contributed by atoms with Gasteiger partial charge in [-0.25, -0.2) is 9.37 Å². The summed E-state index contributed by atoms with van der Waals surface area (Å²) in [4.78, 5) is 18.4. The van der Waals surface area contributed by atoms with Crippen LogP contribution in [-0.2, 0) is 11.3 Å². The van der Waals surface area contributed by atoms with E-state index in [0.717, 1.165) is 33.1 Å². The van der Waals surface area contributed by atoms with Gasteiger partial charge < -0.3 is 15.3 Å². The van der Waals surface area contributed by atoms with Crippen molar-refractivity contribution in [1.29, 1.82) is 0 Å². The largest absolute Gasteiger partial charge is 0.370 e. The molecule has 0 spiro atoms. The van der Waals surface area contributed by atoms with E-state index in [1.165, 1.54) is 12.1 Å². The van der Waals surface area contributed by atoms with Crippen LogP contribution in [0.2, 0.25) is 0 Å². The van der Waals surface area contributed by atoms with Gasteiger partial charge in [0, 0.05) is 35.6 Å². The van der Waals surface area contributed by atoms with Gasteiger partial charge in [-0.15, -0.1) is 0 Å². The van der Waals surface area contributed by atoms with E-state index in [2.05, 4.69) is 9.97 Å². The number of aromatic amines is 1. The lowest BCUT2D eigenvalue weighted by Gasteiger charge is -2.04. The first kappa shape index (κ1) is 14.4. The number of carbonyl (C=O) groups is 1. The maximum Gasteiger partial charge on any atom is 0.219 e. The molecule has 0 aliphatic heterocycles. The van der Waals surface area contributed by atoms with E-state index in [4.69, 9.17) is 5.73 Å². The Hall–Kier alpha value is -3.15. The van der Waals surface area contributed by atoms with Crippen LogP contribution in [0.1, 0.15) is 6.42 Å². The number of hydrogen-bond acceptors (Lipinski definition) is 2. The number of nitrogens with zero attached hydrogens (tertiary/aromatic N) is 2. The Bertz CT molecular complexity index is 1060. The highest BCUT2D eigenvalue weighted by molar-refractivity contribution is 5.97. The van der Waals surface area contributed by atoms with Crippen LogP contribution in [0.4, 0.5) is 4.39 Å². The minimum absolute atomic E-state index is 0.264. The van der Waals surface area contributed by atoms with Gasteiger partial charge in [0.25, 0.3) is 0 Å². The lowest BCUT2D eigenvalue weighted by atomic mass is 10.0. The molecule has 120 valence electrons. The van der Waals surface area contributed by atoms with E-state index in [9.17, 15) is 9.18 Å². The number of imidazole rings is 1. The van der Waals surface area contributed by atoms with Crippen LogP contribution in [0.3, 0.4) is 0 Å². The third kappa shape index (κ3) is 2.42. The van der Waals surface area contributed by atoms with Crippen molar-refractivity contribution in [2.24, 2.45) is 5.73 Å². The van der Waals surface area contributed by atoms with Crippen molar-refractivity contribution in [3.63, 3.8) is 0 Å². The van der Waals surface area contributed by atoms with Crippen molar-refractivity contribution in [1.82, 2.24) is 14.5 Å². The summed E-state index contributed by atoms with van der Waals surface area (Å²) >= 11 is 0. The molecule has 3 N–H and O–H groups in total. The SMILES string of the molecule is NC(=O)CCn1cnc2cc(-c3c[nH]c4cc(F)ccc34)ccc21. The minimum Gasteiger partial charge on any atom is -0.370 e. The molecule has 0 unspecified atom stereocenters. The molecule has 0 saturated heterocycles. The van der Waals surface area contributed by atoms with Gasteiger partial charge in [-0.05, 0) is 35.9 Å². The highest BCUT2D eigenvalue weighted by Gasteiger charge is 2.10. The minimum atomic E-state index is -0.334. The van der Waals surface area contributed by atoms with Gasteiger partial charge >= 0.3 is 0 Å². The Morgan fingerprint density at radius 3 is 2.96 bits per heavy atom. The van der Waals surface area contributed by atoms with Crippen LogP contribution in [0.15, 0.2) is 48.9 Å². The molecule has 24 heavy (non-hydrogen) atoms. The summed E-state index contributed by atoms with van der Waals surface area (Å²) in [5.41, 5.74) is 9.75. The number of rotatable bonds is 4. The fraction of sp³-hybridized carbons (Fsp3) is 0.111. The average molecular weight is 322 g/mol. The smallest absolute Gasteiger partial charge is 0.219 e. The molecule has 5 nitrogen and oxygen atoms in total. The van der Waals surface area contributed by atoms with Crippen LogP contribution in [0, 0.1) is 5.82 Å². The number of benzene rings is 2. The molecule has 2 aromatic carbocycles. The summed E-state index contributed by atoms with van der Waals surface area (Å²) in [7, 11) is 0. The second-order valence-corrected chi connectivity index (χ2v) is 5.75. The van der Waals surface area contributed by atoms with Crippen molar-refractivity contribution >= 4 is 27.8 Å². The fourth-order valence-electron chi connectivity index (χ4n) is 2.98. The van der Waals surface area contributed by atoms with Crippen molar-refractivity contribution in [3.05, 3.63) is 54.7 Å². The van der Waals surface area contributed by atoms with Crippen molar-refractivity contribution in [3.8, 4) is 11.1 Å². The molecule has 0 fully saturated rings. The quantitative estimate of drug-likeness (QED) is 0.605. The number of carbonyl (C=O) groups excluding carboxylic acids is 1. The van der Waals surface area contributed by atoms with Crippen molar-refractivity contribution in [2.75, 3.05) is 0 Å². The number of nitrogens with one attached hydrogen (secondary N) is 1. The lowest BCUT2D eigenvalue weighted by molar-refractivity contribution is -0.118. The number of fused-ring (bicyclic) bond motifs is 2.